The van der Waals surface area contributed by atoms with Gasteiger partial charge in [-0.3, -0.25) is 9.69 Å². The summed E-state index contributed by atoms with van der Waals surface area (Å²) in [5, 5.41) is 8.94. The third-order valence-corrected chi connectivity index (χ3v) is 3.46. The average Bonchev–Trinajstić information content (AvgIpc) is 2.79. The summed E-state index contributed by atoms with van der Waals surface area (Å²) in [6.45, 7) is 4.60. The van der Waals surface area contributed by atoms with Crippen LogP contribution in [-0.4, -0.2) is 29.1 Å². The number of benzene rings is 1. The van der Waals surface area contributed by atoms with Gasteiger partial charge in [0.05, 0.1) is 5.92 Å². The molecule has 1 aliphatic rings. The molecular weight excluding hydrogens is 214 g/mol. The highest BCUT2D eigenvalue weighted by Crippen LogP contribution is 2.19. The number of hydrogen-bond donors (Lipinski definition) is 1. The predicted octanol–water partition coefficient (Wildman–Crippen LogP) is 2.16. The molecule has 0 saturated carbocycles. The van der Waals surface area contributed by atoms with E-state index in [1.165, 1.54) is 11.1 Å². The molecule has 2 rings (SSSR count). The SMILES string of the molecule is CCc1ccc(CN2CCC(C(=O)O)C2)cc1. The van der Waals surface area contributed by atoms with Gasteiger partial charge in [-0.2, -0.15) is 0 Å². The number of likely N-dealkylation sites (tertiary alicyclic amines) is 1. The highest BCUT2D eigenvalue weighted by Gasteiger charge is 2.27. The molecule has 0 bridgehead atoms. The summed E-state index contributed by atoms with van der Waals surface area (Å²) >= 11 is 0. The topological polar surface area (TPSA) is 40.5 Å². The molecule has 0 radical (unpaired) electrons. The summed E-state index contributed by atoms with van der Waals surface area (Å²) in [6, 6.07) is 8.60. The number of rotatable bonds is 4. The molecular formula is C14H19NO2. The van der Waals surface area contributed by atoms with Crippen LogP contribution in [0.1, 0.15) is 24.5 Å². The third kappa shape index (κ3) is 3.07. The Kier molecular flexibility index (Phi) is 3.79. The van der Waals surface area contributed by atoms with Crippen LogP contribution >= 0.6 is 0 Å². The van der Waals surface area contributed by atoms with Crippen molar-refractivity contribution in [3.05, 3.63) is 35.4 Å². The third-order valence-electron chi connectivity index (χ3n) is 3.46. The molecule has 3 nitrogen and oxygen atoms in total. The normalized spacial score (nSPS) is 20.6. The standard InChI is InChI=1S/C14H19NO2/c1-2-11-3-5-12(6-4-11)9-15-8-7-13(10-15)14(16)17/h3-6,13H,2,7-10H2,1H3,(H,16,17). The van der Waals surface area contributed by atoms with Crippen molar-refractivity contribution < 1.29 is 9.90 Å². The van der Waals surface area contributed by atoms with Crippen molar-refractivity contribution in [2.24, 2.45) is 5.92 Å². The molecule has 92 valence electrons. The van der Waals surface area contributed by atoms with Crippen LogP contribution in [0, 0.1) is 5.92 Å². The second-order valence-corrected chi connectivity index (χ2v) is 4.73. The van der Waals surface area contributed by atoms with E-state index in [1.54, 1.807) is 0 Å². The van der Waals surface area contributed by atoms with Crippen molar-refractivity contribution >= 4 is 5.97 Å². The van der Waals surface area contributed by atoms with Gasteiger partial charge in [0, 0.05) is 13.1 Å². The lowest BCUT2D eigenvalue weighted by Gasteiger charge is -2.15. The van der Waals surface area contributed by atoms with E-state index in [4.69, 9.17) is 5.11 Å². The van der Waals surface area contributed by atoms with Crippen LogP contribution < -0.4 is 0 Å². The Bertz CT molecular complexity index is 386. The first-order chi connectivity index (χ1) is 8.19. The molecule has 1 N–H and O–H groups in total. The monoisotopic (exact) mass is 233 g/mol. The summed E-state index contributed by atoms with van der Waals surface area (Å²) in [6.07, 6.45) is 1.84. The van der Waals surface area contributed by atoms with Gasteiger partial charge in [-0.15, -0.1) is 0 Å². The smallest absolute Gasteiger partial charge is 0.307 e. The van der Waals surface area contributed by atoms with Crippen molar-refractivity contribution in [2.45, 2.75) is 26.3 Å². The van der Waals surface area contributed by atoms with Crippen LogP contribution in [0.4, 0.5) is 0 Å². The Balaban J connectivity index is 1.91. The average molecular weight is 233 g/mol. The second kappa shape index (κ2) is 5.32. The summed E-state index contributed by atoms with van der Waals surface area (Å²) in [5.74, 6) is -0.834. The Morgan fingerprint density at radius 3 is 2.53 bits per heavy atom. The van der Waals surface area contributed by atoms with Crippen molar-refractivity contribution in [3.63, 3.8) is 0 Å². The van der Waals surface area contributed by atoms with E-state index in [2.05, 4.69) is 36.1 Å². The van der Waals surface area contributed by atoms with E-state index in [1.807, 2.05) is 0 Å². The molecule has 0 aliphatic carbocycles. The Hall–Kier alpha value is -1.35. The molecule has 17 heavy (non-hydrogen) atoms. The van der Waals surface area contributed by atoms with E-state index >= 15 is 0 Å². The Morgan fingerprint density at radius 1 is 1.35 bits per heavy atom. The van der Waals surface area contributed by atoms with Crippen molar-refractivity contribution in [3.8, 4) is 0 Å². The van der Waals surface area contributed by atoms with Gasteiger partial charge >= 0.3 is 5.97 Å². The molecule has 0 amide bonds. The number of carboxylic acid groups (broad SMARTS) is 1. The minimum atomic E-state index is -0.658. The molecule has 1 unspecified atom stereocenters. The molecule has 1 aromatic rings. The van der Waals surface area contributed by atoms with Crippen molar-refractivity contribution in [1.82, 2.24) is 4.90 Å². The van der Waals surface area contributed by atoms with Gasteiger partial charge in [0.25, 0.3) is 0 Å². The molecule has 3 heteroatoms. The Morgan fingerprint density at radius 2 is 2.00 bits per heavy atom. The lowest BCUT2D eigenvalue weighted by atomic mass is 10.1. The number of nitrogens with zero attached hydrogens (tertiary/aromatic N) is 1. The molecule has 1 saturated heterocycles. The van der Waals surface area contributed by atoms with Crippen LogP contribution in [0.5, 0.6) is 0 Å². The molecule has 0 spiro atoms. The van der Waals surface area contributed by atoms with Gasteiger partial charge in [-0.1, -0.05) is 31.2 Å². The van der Waals surface area contributed by atoms with E-state index in [0.29, 0.717) is 6.54 Å². The zero-order chi connectivity index (χ0) is 12.3. The fourth-order valence-electron chi connectivity index (χ4n) is 2.32. The first-order valence-corrected chi connectivity index (χ1v) is 6.22. The van der Waals surface area contributed by atoms with Gasteiger partial charge in [-0.25, -0.2) is 0 Å². The zero-order valence-corrected chi connectivity index (χ0v) is 10.2. The fraction of sp³-hybridized carbons (Fsp3) is 0.500. The lowest BCUT2D eigenvalue weighted by molar-refractivity contribution is -0.141. The first kappa shape index (κ1) is 12.1. The molecule has 0 aromatic heterocycles. The maximum atomic E-state index is 10.9. The number of carboxylic acids is 1. The van der Waals surface area contributed by atoms with Crippen LogP contribution in [0.3, 0.4) is 0 Å². The van der Waals surface area contributed by atoms with Gasteiger partial charge in [0.1, 0.15) is 0 Å². The van der Waals surface area contributed by atoms with Crippen molar-refractivity contribution in [2.75, 3.05) is 13.1 Å². The summed E-state index contributed by atoms with van der Waals surface area (Å²) in [4.78, 5) is 13.1. The van der Waals surface area contributed by atoms with E-state index in [-0.39, 0.29) is 5.92 Å². The van der Waals surface area contributed by atoms with Gasteiger partial charge in [-0.05, 0) is 30.5 Å². The summed E-state index contributed by atoms with van der Waals surface area (Å²) in [5.41, 5.74) is 2.62. The van der Waals surface area contributed by atoms with Crippen LogP contribution in [0.25, 0.3) is 0 Å². The van der Waals surface area contributed by atoms with Crippen LogP contribution in [-0.2, 0) is 17.8 Å². The highest BCUT2D eigenvalue weighted by atomic mass is 16.4. The minimum absolute atomic E-state index is 0.176. The number of carbonyl (C=O) groups is 1. The van der Waals surface area contributed by atoms with Crippen LogP contribution in [0.15, 0.2) is 24.3 Å². The summed E-state index contributed by atoms with van der Waals surface area (Å²) in [7, 11) is 0. The van der Waals surface area contributed by atoms with Crippen LogP contribution in [0.2, 0.25) is 0 Å². The van der Waals surface area contributed by atoms with E-state index < -0.39 is 5.97 Å². The largest absolute Gasteiger partial charge is 0.481 e. The Labute approximate surface area is 102 Å². The maximum absolute atomic E-state index is 10.9. The van der Waals surface area contributed by atoms with Crippen molar-refractivity contribution in [1.29, 1.82) is 0 Å². The second-order valence-electron chi connectivity index (χ2n) is 4.73. The molecule has 1 atom stereocenters. The molecule has 1 aliphatic heterocycles. The highest BCUT2D eigenvalue weighted by molar-refractivity contribution is 5.70. The predicted molar refractivity (Wildman–Crippen MR) is 66.8 cm³/mol. The molecule has 1 aromatic carbocycles. The molecule has 1 fully saturated rings. The van der Waals surface area contributed by atoms with Gasteiger partial charge < -0.3 is 5.11 Å². The number of hydrogen-bond acceptors (Lipinski definition) is 2. The minimum Gasteiger partial charge on any atom is -0.481 e. The number of aliphatic carboxylic acids is 1. The number of aryl methyl sites for hydroxylation is 1. The fourth-order valence-corrected chi connectivity index (χ4v) is 2.32. The first-order valence-electron chi connectivity index (χ1n) is 6.22. The maximum Gasteiger partial charge on any atom is 0.307 e. The summed E-state index contributed by atoms with van der Waals surface area (Å²) < 4.78 is 0. The molecule has 1 heterocycles. The van der Waals surface area contributed by atoms with E-state index in [0.717, 1.165) is 25.9 Å². The van der Waals surface area contributed by atoms with Gasteiger partial charge in [0.2, 0.25) is 0 Å². The quantitative estimate of drug-likeness (QED) is 0.866. The lowest BCUT2D eigenvalue weighted by Crippen LogP contribution is -2.22. The van der Waals surface area contributed by atoms with Gasteiger partial charge in [0.15, 0.2) is 0 Å². The van der Waals surface area contributed by atoms with E-state index in [9.17, 15) is 4.79 Å². The zero-order valence-electron chi connectivity index (χ0n) is 10.2.